The topological polar surface area (TPSA) is 72.9 Å². The van der Waals surface area contributed by atoms with Crippen molar-refractivity contribution < 1.29 is 19.0 Å². The van der Waals surface area contributed by atoms with Gasteiger partial charge in [0.25, 0.3) is 0 Å². The Hall–Kier alpha value is -3.74. The summed E-state index contributed by atoms with van der Waals surface area (Å²) >= 11 is 0. The number of pyridine rings is 1. The summed E-state index contributed by atoms with van der Waals surface area (Å²) in [6, 6.07) is 19.3. The highest BCUT2D eigenvalue weighted by Crippen LogP contribution is 2.17. The Kier molecular flexibility index (Phi) is 8.31. The van der Waals surface area contributed by atoms with Crippen LogP contribution in [0.2, 0.25) is 0 Å². The molecule has 7 heteroatoms. The van der Waals surface area contributed by atoms with Gasteiger partial charge in [0.1, 0.15) is 24.2 Å². The van der Waals surface area contributed by atoms with Gasteiger partial charge in [0, 0.05) is 38.9 Å². The van der Waals surface area contributed by atoms with Crippen LogP contribution in [-0.4, -0.2) is 45.0 Å². The van der Waals surface area contributed by atoms with Crippen molar-refractivity contribution >= 4 is 11.8 Å². The Morgan fingerprint density at radius 1 is 1.03 bits per heavy atom. The molecule has 0 aliphatic carbocycles. The molecular formula is C25H29N3O4. The molecule has 1 aromatic heterocycles. The van der Waals surface area contributed by atoms with Crippen LogP contribution in [0.5, 0.6) is 11.5 Å². The SMILES string of the molecule is COc1cccc(CC(COc2cccnc2)OC(=O)NCc2ccc(N(C)C)cc2)c1. The van der Waals surface area contributed by atoms with Crippen molar-refractivity contribution in [2.75, 3.05) is 32.7 Å². The molecule has 32 heavy (non-hydrogen) atoms. The third-order valence-corrected chi connectivity index (χ3v) is 4.83. The summed E-state index contributed by atoms with van der Waals surface area (Å²) in [7, 11) is 5.60. The van der Waals surface area contributed by atoms with Gasteiger partial charge >= 0.3 is 6.09 Å². The number of alkyl carbamates (subject to hydrolysis) is 1. The van der Waals surface area contributed by atoms with Crippen molar-refractivity contribution in [1.29, 1.82) is 0 Å². The van der Waals surface area contributed by atoms with Gasteiger partial charge in [-0.25, -0.2) is 4.79 Å². The van der Waals surface area contributed by atoms with Crippen LogP contribution in [0, 0.1) is 0 Å². The molecule has 3 aromatic rings. The maximum absolute atomic E-state index is 12.5. The number of amides is 1. The molecule has 0 spiro atoms. The first kappa shape index (κ1) is 22.9. The van der Waals surface area contributed by atoms with Gasteiger partial charge in [-0.1, -0.05) is 24.3 Å². The Balaban J connectivity index is 1.60. The number of carbonyl (C=O) groups is 1. The van der Waals surface area contributed by atoms with Crippen LogP contribution in [-0.2, 0) is 17.7 Å². The fourth-order valence-corrected chi connectivity index (χ4v) is 3.10. The summed E-state index contributed by atoms with van der Waals surface area (Å²) in [5.41, 5.74) is 3.07. The summed E-state index contributed by atoms with van der Waals surface area (Å²) < 4.78 is 16.8. The zero-order chi connectivity index (χ0) is 22.8. The Morgan fingerprint density at radius 3 is 2.50 bits per heavy atom. The van der Waals surface area contributed by atoms with Gasteiger partial charge in [0.2, 0.25) is 0 Å². The number of aromatic nitrogens is 1. The number of carbonyl (C=O) groups excluding carboxylic acids is 1. The minimum absolute atomic E-state index is 0.202. The van der Waals surface area contributed by atoms with E-state index in [1.165, 1.54) is 0 Å². The minimum atomic E-state index is -0.496. The highest BCUT2D eigenvalue weighted by Gasteiger charge is 2.17. The summed E-state index contributed by atoms with van der Waals surface area (Å²) in [6.07, 6.45) is 2.81. The van der Waals surface area contributed by atoms with Crippen molar-refractivity contribution in [3.8, 4) is 11.5 Å². The highest BCUT2D eigenvalue weighted by molar-refractivity contribution is 5.67. The van der Waals surface area contributed by atoms with Gasteiger partial charge < -0.3 is 24.4 Å². The lowest BCUT2D eigenvalue weighted by molar-refractivity contribution is 0.0648. The van der Waals surface area contributed by atoms with Crippen LogP contribution in [0.3, 0.4) is 0 Å². The summed E-state index contributed by atoms with van der Waals surface area (Å²) in [5.74, 6) is 1.37. The number of anilines is 1. The number of rotatable bonds is 10. The number of benzene rings is 2. The molecule has 1 heterocycles. The summed E-state index contributed by atoms with van der Waals surface area (Å²) in [5, 5.41) is 2.82. The predicted molar refractivity (Wildman–Crippen MR) is 124 cm³/mol. The van der Waals surface area contributed by atoms with E-state index >= 15 is 0 Å². The first-order valence-corrected chi connectivity index (χ1v) is 10.4. The largest absolute Gasteiger partial charge is 0.497 e. The van der Waals surface area contributed by atoms with Crippen molar-refractivity contribution in [2.24, 2.45) is 0 Å². The molecule has 0 aliphatic heterocycles. The van der Waals surface area contributed by atoms with Crippen LogP contribution >= 0.6 is 0 Å². The zero-order valence-corrected chi connectivity index (χ0v) is 18.7. The Labute approximate surface area is 188 Å². The molecule has 0 radical (unpaired) electrons. The van der Waals surface area contributed by atoms with Crippen molar-refractivity contribution in [3.63, 3.8) is 0 Å². The van der Waals surface area contributed by atoms with Crippen LogP contribution in [0.25, 0.3) is 0 Å². The second-order valence-corrected chi connectivity index (χ2v) is 7.50. The van der Waals surface area contributed by atoms with Crippen LogP contribution < -0.4 is 19.7 Å². The summed E-state index contributed by atoms with van der Waals surface area (Å²) in [6.45, 7) is 0.579. The molecule has 1 N–H and O–H groups in total. The molecule has 0 bridgehead atoms. The van der Waals surface area contributed by atoms with E-state index in [0.717, 1.165) is 22.6 Å². The van der Waals surface area contributed by atoms with Gasteiger partial charge in [0.15, 0.2) is 0 Å². The zero-order valence-electron chi connectivity index (χ0n) is 18.7. The molecule has 1 atom stereocenters. The number of nitrogens with zero attached hydrogens (tertiary/aromatic N) is 2. The number of hydrogen-bond acceptors (Lipinski definition) is 6. The van der Waals surface area contributed by atoms with Crippen LogP contribution in [0.1, 0.15) is 11.1 Å². The number of nitrogens with one attached hydrogen (secondary N) is 1. The number of methoxy groups -OCH3 is 1. The fourth-order valence-electron chi connectivity index (χ4n) is 3.10. The van der Waals surface area contributed by atoms with E-state index in [0.29, 0.717) is 18.7 Å². The highest BCUT2D eigenvalue weighted by atomic mass is 16.6. The monoisotopic (exact) mass is 435 g/mol. The molecule has 168 valence electrons. The molecule has 3 rings (SSSR count). The van der Waals surface area contributed by atoms with Crippen molar-refractivity contribution in [2.45, 2.75) is 19.1 Å². The van der Waals surface area contributed by atoms with E-state index in [1.54, 1.807) is 25.6 Å². The van der Waals surface area contributed by atoms with Crippen LogP contribution in [0.15, 0.2) is 73.1 Å². The third kappa shape index (κ3) is 7.19. The molecule has 0 saturated carbocycles. The molecule has 0 aliphatic rings. The standard InChI is InChI=1S/C25H29N3O4/c1-28(2)21-11-9-19(10-12-21)16-27-25(29)32-24(18-31-23-8-5-13-26-17-23)15-20-6-4-7-22(14-20)30-3/h4-14,17,24H,15-16,18H2,1-3H3,(H,27,29). The lowest BCUT2D eigenvalue weighted by Gasteiger charge is -2.19. The second kappa shape index (κ2) is 11.6. The predicted octanol–water partition coefficient (Wildman–Crippen LogP) is 4.07. The van der Waals surface area contributed by atoms with Crippen molar-refractivity contribution in [3.05, 3.63) is 84.2 Å². The summed E-state index contributed by atoms with van der Waals surface area (Å²) in [4.78, 5) is 18.6. The van der Waals surface area contributed by atoms with E-state index in [1.807, 2.05) is 73.6 Å². The van der Waals surface area contributed by atoms with Gasteiger partial charge in [0.05, 0.1) is 13.3 Å². The fraction of sp³-hybridized carbons (Fsp3) is 0.280. The van der Waals surface area contributed by atoms with Gasteiger partial charge in [-0.05, 0) is 47.5 Å². The van der Waals surface area contributed by atoms with E-state index in [4.69, 9.17) is 14.2 Å². The second-order valence-electron chi connectivity index (χ2n) is 7.50. The third-order valence-electron chi connectivity index (χ3n) is 4.83. The average molecular weight is 436 g/mol. The molecular weight excluding hydrogens is 406 g/mol. The molecule has 0 saturated heterocycles. The first-order valence-electron chi connectivity index (χ1n) is 10.4. The Morgan fingerprint density at radius 2 is 1.81 bits per heavy atom. The minimum Gasteiger partial charge on any atom is -0.497 e. The normalized spacial score (nSPS) is 11.3. The molecule has 0 fully saturated rings. The smallest absolute Gasteiger partial charge is 0.407 e. The molecule has 1 unspecified atom stereocenters. The van der Waals surface area contributed by atoms with Gasteiger partial charge in [-0.2, -0.15) is 0 Å². The number of hydrogen-bond donors (Lipinski definition) is 1. The maximum Gasteiger partial charge on any atom is 0.407 e. The molecule has 2 aromatic carbocycles. The lowest BCUT2D eigenvalue weighted by Crippen LogP contribution is -2.33. The van der Waals surface area contributed by atoms with E-state index in [2.05, 4.69) is 10.3 Å². The van der Waals surface area contributed by atoms with Crippen LogP contribution in [0.4, 0.5) is 10.5 Å². The lowest BCUT2D eigenvalue weighted by atomic mass is 10.1. The van der Waals surface area contributed by atoms with E-state index < -0.39 is 12.2 Å². The van der Waals surface area contributed by atoms with Gasteiger partial charge in [-0.15, -0.1) is 0 Å². The van der Waals surface area contributed by atoms with Crippen molar-refractivity contribution in [1.82, 2.24) is 10.3 Å². The maximum atomic E-state index is 12.5. The van der Waals surface area contributed by atoms with Gasteiger partial charge in [-0.3, -0.25) is 4.98 Å². The first-order chi connectivity index (χ1) is 15.5. The van der Waals surface area contributed by atoms with E-state index in [9.17, 15) is 4.79 Å². The average Bonchev–Trinajstić information content (AvgIpc) is 2.82. The molecule has 7 nitrogen and oxygen atoms in total. The number of ether oxygens (including phenoxy) is 3. The molecule has 1 amide bonds. The van der Waals surface area contributed by atoms with E-state index in [-0.39, 0.29) is 6.61 Å². The quantitative estimate of drug-likeness (QED) is 0.518. The Bertz CT molecular complexity index is 978.